The van der Waals surface area contributed by atoms with Gasteiger partial charge in [-0.1, -0.05) is 43.8 Å². The summed E-state index contributed by atoms with van der Waals surface area (Å²) in [7, 11) is 1.56. The number of methoxy groups -OCH3 is 1. The molecular formula is C23H24N4O3S. The molecule has 0 unspecified atom stereocenters. The lowest BCUT2D eigenvalue weighted by molar-refractivity contribution is -0.120. The van der Waals surface area contributed by atoms with Crippen molar-refractivity contribution in [2.75, 3.05) is 12.9 Å². The third-order valence-corrected chi connectivity index (χ3v) is 6.11. The standard InChI is InChI=1S/C23H24N4O3S/c1-15(2)23(3,14-24)26-20(28)13-31-22-25-19-11-6-5-10-18(19)21(29)27(22)16-8-7-9-17(12-16)30-4/h5-12,15H,13H2,1-4H3,(H,26,28)/t23-/m1/s1. The second kappa shape index (κ2) is 9.23. The summed E-state index contributed by atoms with van der Waals surface area (Å²) >= 11 is 1.14. The second-order valence-corrected chi connectivity index (χ2v) is 8.50. The Balaban J connectivity index is 2.00. The lowest BCUT2D eigenvalue weighted by atomic mass is 9.90. The number of hydrogen-bond acceptors (Lipinski definition) is 6. The summed E-state index contributed by atoms with van der Waals surface area (Å²) in [5.41, 5.74) is -0.0556. The largest absolute Gasteiger partial charge is 0.497 e. The van der Waals surface area contributed by atoms with Gasteiger partial charge in [0.2, 0.25) is 5.91 Å². The summed E-state index contributed by atoms with van der Waals surface area (Å²) < 4.78 is 6.77. The maximum atomic E-state index is 13.3. The first-order chi connectivity index (χ1) is 14.8. The zero-order valence-corrected chi connectivity index (χ0v) is 18.7. The first kappa shape index (κ1) is 22.4. The number of ether oxygens (including phenoxy) is 1. The Morgan fingerprint density at radius 2 is 2.03 bits per heavy atom. The molecule has 1 N–H and O–H groups in total. The number of benzene rings is 2. The Labute approximate surface area is 185 Å². The van der Waals surface area contributed by atoms with Crippen LogP contribution in [0, 0.1) is 17.2 Å². The van der Waals surface area contributed by atoms with Gasteiger partial charge in [0.25, 0.3) is 5.56 Å². The third kappa shape index (κ3) is 4.72. The summed E-state index contributed by atoms with van der Waals surface area (Å²) in [6.07, 6.45) is 0. The van der Waals surface area contributed by atoms with Gasteiger partial charge in [0.15, 0.2) is 5.16 Å². The molecule has 3 aromatic rings. The van der Waals surface area contributed by atoms with Gasteiger partial charge < -0.3 is 10.1 Å². The van der Waals surface area contributed by atoms with Crippen molar-refractivity contribution >= 4 is 28.6 Å². The molecule has 0 spiro atoms. The van der Waals surface area contributed by atoms with Crippen LogP contribution in [0.3, 0.4) is 0 Å². The molecule has 8 heteroatoms. The van der Waals surface area contributed by atoms with Crippen LogP contribution in [0.4, 0.5) is 0 Å². The number of para-hydroxylation sites is 1. The number of fused-ring (bicyclic) bond motifs is 1. The molecular weight excluding hydrogens is 412 g/mol. The Kier molecular flexibility index (Phi) is 6.66. The van der Waals surface area contributed by atoms with E-state index in [1.165, 1.54) is 4.57 Å². The number of aromatic nitrogens is 2. The van der Waals surface area contributed by atoms with Crippen LogP contribution in [0.2, 0.25) is 0 Å². The van der Waals surface area contributed by atoms with E-state index in [9.17, 15) is 14.9 Å². The zero-order chi connectivity index (χ0) is 22.6. The minimum atomic E-state index is -0.971. The van der Waals surface area contributed by atoms with E-state index < -0.39 is 5.54 Å². The maximum absolute atomic E-state index is 13.3. The summed E-state index contributed by atoms with van der Waals surface area (Å²) in [6.45, 7) is 5.45. The van der Waals surface area contributed by atoms with E-state index in [2.05, 4.69) is 16.4 Å². The highest BCUT2D eigenvalue weighted by atomic mass is 32.2. The first-order valence-electron chi connectivity index (χ1n) is 9.80. The molecule has 0 aliphatic rings. The third-order valence-electron chi connectivity index (χ3n) is 5.17. The fraction of sp³-hybridized carbons (Fsp3) is 0.304. The SMILES string of the molecule is COc1cccc(-n2c(SCC(=O)N[C@](C)(C#N)C(C)C)nc3ccccc3c2=O)c1. The van der Waals surface area contributed by atoms with Gasteiger partial charge in [-0.3, -0.25) is 14.2 Å². The van der Waals surface area contributed by atoms with E-state index in [0.29, 0.717) is 27.5 Å². The minimum Gasteiger partial charge on any atom is -0.497 e. The second-order valence-electron chi connectivity index (χ2n) is 7.56. The van der Waals surface area contributed by atoms with E-state index in [4.69, 9.17) is 4.74 Å². The van der Waals surface area contributed by atoms with Crippen LogP contribution < -0.4 is 15.6 Å². The van der Waals surface area contributed by atoms with Gasteiger partial charge in [-0.05, 0) is 37.1 Å². The average Bonchev–Trinajstić information content (AvgIpc) is 2.77. The minimum absolute atomic E-state index is 0.0126. The van der Waals surface area contributed by atoms with E-state index in [0.717, 1.165) is 11.8 Å². The number of carbonyl (C=O) groups excluding carboxylic acids is 1. The molecule has 7 nitrogen and oxygen atoms in total. The van der Waals surface area contributed by atoms with Crippen molar-refractivity contribution in [3.05, 3.63) is 58.9 Å². The number of amides is 1. The molecule has 1 aromatic heterocycles. The molecule has 1 amide bonds. The number of carbonyl (C=O) groups is 1. The highest BCUT2D eigenvalue weighted by molar-refractivity contribution is 7.99. The first-order valence-corrected chi connectivity index (χ1v) is 10.8. The predicted octanol–water partition coefficient (Wildman–Crippen LogP) is 3.54. The van der Waals surface area contributed by atoms with Gasteiger partial charge in [-0.15, -0.1) is 0 Å². The van der Waals surface area contributed by atoms with Gasteiger partial charge in [-0.25, -0.2) is 4.98 Å². The lowest BCUT2D eigenvalue weighted by Gasteiger charge is -2.27. The summed E-state index contributed by atoms with van der Waals surface area (Å²) in [5, 5.41) is 13.1. The number of nitrogens with one attached hydrogen (secondary N) is 1. The Hall–Kier alpha value is -3.31. The molecule has 1 atom stereocenters. The van der Waals surface area contributed by atoms with Gasteiger partial charge in [-0.2, -0.15) is 5.26 Å². The van der Waals surface area contributed by atoms with Crippen LogP contribution in [-0.4, -0.2) is 33.9 Å². The monoisotopic (exact) mass is 436 g/mol. The summed E-state index contributed by atoms with van der Waals surface area (Å²) in [4.78, 5) is 30.5. The van der Waals surface area contributed by atoms with Crippen LogP contribution in [-0.2, 0) is 4.79 Å². The smallest absolute Gasteiger partial charge is 0.266 e. The quantitative estimate of drug-likeness (QED) is 0.449. The highest BCUT2D eigenvalue weighted by Crippen LogP contribution is 2.24. The van der Waals surface area contributed by atoms with Gasteiger partial charge in [0.05, 0.1) is 35.5 Å². The lowest BCUT2D eigenvalue weighted by Crippen LogP contribution is -2.49. The molecule has 0 aliphatic heterocycles. The van der Waals surface area contributed by atoms with Crippen LogP contribution in [0.5, 0.6) is 5.75 Å². The van der Waals surface area contributed by atoms with Crippen LogP contribution in [0.25, 0.3) is 16.6 Å². The maximum Gasteiger partial charge on any atom is 0.266 e. The van der Waals surface area contributed by atoms with E-state index in [1.807, 2.05) is 19.9 Å². The summed E-state index contributed by atoms with van der Waals surface area (Å²) in [5.74, 6) is 0.258. The number of thioether (sulfide) groups is 1. The van der Waals surface area contributed by atoms with Gasteiger partial charge >= 0.3 is 0 Å². The van der Waals surface area contributed by atoms with E-state index in [-0.39, 0.29) is 23.1 Å². The molecule has 3 rings (SSSR count). The molecule has 1 heterocycles. The average molecular weight is 437 g/mol. The Morgan fingerprint density at radius 1 is 1.29 bits per heavy atom. The number of hydrogen-bond donors (Lipinski definition) is 1. The number of nitriles is 1. The van der Waals surface area contributed by atoms with Crippen molar-refractivity contribution in [2.45, 2.75) is 31.5 Å². The molecule has 0 aliphatic carbocycles. The van der Waals surface area contributed by atoms with Crippen molar-refractivity contribution in [3.63, 3.8) is 0 Å². The van der Waals surface area contributed by atoms with Crippen molar-refractivity contribution in [1.29, 1.82) is 5.26 Å². The van der Waals surface area contributed by atoms with Gasteiger partial charge in [0, 0.05) is 6.07 Å². The van der Waals surface area contributed by atoms with Crippen molar-refractivity contribution < 1.29 is 9.53 Å². The number of nitrogens with zero attached hydrogens (tertiary/aromatic N) is 3. The van der Waals surface area contributed by atoms with Crippen LogP contribution >= 0.6 is 11.8 Å². The van der Waals surface area contributed by atoms with Crippen molar-refractivity contribution in [2.24, 2.45) is 5.92 Å². The normalized spacial score (nSPS) is 12.9. The molecule has 2 aromatic carbocycles. The van der Waals surface area contributed by atoms with E-state index in [1.54, 1.807) is 56.5 Å². The molecule has 0 bridgehead atoms. The zero-order valence-electron chi connectivity index (χ0n) is 17.9. The topological polar surface area (TPSA) is 97.0 Å². The summed E-state index contributed by atoms with van der Waals surface area (Å²) in [6, 6.07) is 16.4. The molecule has 31 heavy (non-hydrogen) atoms. The van der Waals surface area contributed by atoms with Crippen LogP contribution in [0.15, 0.2) is 58.5 Å². The molecule has 0 fully saturated rings. The Bertz CT molecular complexity index is 1220. The Morgan fingerprint density at radius 3 is 2.71 bits per heavy atom. The van der Waals surface area contributed by atoms with Crippen molar-refractivity contribution in [3.8, 4) is 17.5 Å². The molecule has 160 valence electrons. The van der Waals surface area contributed by atoms with Crippen molar-refractivity contribution in [1.82, 2.24) is 14.9 Å². The highest BCUT2D eigenvalue weighted by Gasteiger charge is 2.30. The number of rotatable bonds is 7. The molecule has 0 saturated heterocycles. The molecule has 0 saturated carbocycles. The fourth-order valence-corrected chi connectivity index (χ4v) is 3.76. The predicted molar refractivity (Wildman–Crippen MR) is 122 cm³/mol. The van der Waals surface area contributed by atoms with E-state index >= 15 is 0 Å². The molecule has 0 radical (unpaired) electrons. The van der Waals surface area contributed by atoms with Gasteiger partial charge in [0.1, 0.15) is 11.3 Å². The fourth-order valence-electron chi connectivity index (χ4n) is 2.94. The van der Waals surface area contributed by atoms with Crippen LogP contribution in [0.1, 0.15) is 20.8 Å².